The quantitative estimate of drug-likeness (QED) is 0.697. The van der Waals surface area contributed by atoms with Crippen LogP contribution in [0.25, 0.3) is 10.2 Å². The van der Waals surface area contributed by atoms with Gasteiger partial charge in [-0.3, -0.25) is 9.69 Å². The van der Waals surface area contributed by atoms with E-state index < -0.39 is 0 Å². The second-order valence-corrected chi connectivity index (χ2v) is 7.65. The zero-order chi connectivity index (χ0) is 15.1. The molecular formula is C17H14N2OS2. The SMILES string of the molecule is C[C@H]1S[C@H](c2ccccc2)N(c2nc3ccccc3s2)C1=O. The predicted octanol–water partition coefficient (Wildman–Crippen LogP) is 4.46. The van der Waals surface area contributed by atoms with E-state index in [1.165, 1.54) is 0 Å². The summed E-state index contributed by atoms with van der Waals surface area (Å²) in [5, 5.41) is 0.749. The van der Waals surface area contributed by atoms with Crippen LogP contribution in [0.3, 0.4) is 0 Å². The van der Waals surface area contributed by atoms with Gasteiger partial charge in [-0.25, -0.2) is 4.98 Å². The molecule has 2 atom stereocenters. The minimum Gasteiger partial charge on any atom is -0.273 e. The standard InChI is InChI=1S/C17H14N2OS2/c1-11-15(20)19(16(21-11)12-7-3-2-4-8-12)17-18-13-9-5-6-10-14(13)22-17/h2-11,16H,1H3/t11-,16-/m1/s1. The summed E-state index contributed by atoms with van der Waals surface area (Å²) in [4.78, 5) is 19.2. The first kappa shape index (κ1) is 13.8. The normalized spacial score (nSPS) is 21.7. The molecule has 3 aromatic rings. The number of thioether (sulfide) groups is 1. The monoisotopic (exact) mass is 326 g/mol. The van der Waals surface area contributed by atoms with Crippen LogP contribution in [0.5, 0.6) is 0 Å². The van der Waals surface area contributed by atoms with Crippen molar-refractivity contribution in [3.05, 3.63) is 60.2 Å². The summed E-state index contributed by atoms with van der Waals surface area (Å²) in [6.07, 6.45) is 0. The smallest absolute Gasteiger partial charge is 0.242 e. The van der Waals surface area contributed by atoms with Gasteiger partial charge >= 0.3 is 0 Å². The Morgan fingerprint density at radius 2 is 1.77 bits per heavy atom. The van der Waals surface area contributed by atoms with Crippen molar-refractivity contribution in [3.63, 3.8) is 0 Å². The number of fused-ring (bicyclic) bond motifs is 1. The van der Waals surface area contributed by atoms with Gasteiger partial charge in [-0.1, -0.05) is 53.8 Å². The number of carbonyl (C=O) groups is 1. The van der Waals surface area contributed by atoms with E-state index in [2.05, 4.69) is 17.1 Å². The molecule has 22 heavy (non-hydrogen) atoms. The molecule has 0 N–H and O–H groups in total. The molecule has 110 valence electrons. The molecule has 0 radical (unpaired) electrons. The molecule has 0 unspecified atom stereocenters. The molecule has 1 amide bonds. The Labute approximate surface area is 137 Å². The van der Waals surface area contributed by atoms with Crippen molar-refractivity contribution in [1.82, 2.24) is 4.98 Å². The number of amides is 1. The molecule has 1 aromatic heterocycles. The number of benzene rings is 2. The minimum atomic E-state index is -0.0442. The molecule has 2 heterocycles. The van der Waals surface area contributed by atoms with E-state index in [1.807, 2.05) is 54.3 Å². The van der Waals surface area contributed by atoms with Crippen molar-refractivity contribution >= 4 is 44.4 Å². The van der Waals surface area contributed by atoms with Crippen molar-refractivity contribution in [2.24, 2.45) is 0 Å². The van der Waals surface area contributed by atoms with Gasteiger partial charge in [0.25, 0.3) is 0 Å². The molecule has 0 saturated carbocycles. The number of thiazole rings is 1. The van der Waals surface area contributed by atoms with Crippen molar-refractivity contribution < 1.29 is 4.79 Å². The average molecular weight is 326 g/mol. The molecule has 5 heteroatoms. The van der Waals surface area contributed by atoms with Crippen molar-refractivity contribution in [3.8, 4) is 0 Å². The van der Waals surface area contributed by atoms with Gasteiger partial charge in [0.1, 0.15) is 5.37 Å². The highest BCUT2D eigenvalue weighted by molar-refractivity contribution is 8.01. The molecule has 1 fully saturated rings. The number of hydrogen-bond acceptors (Lipinski definition) is 4. The summed E-state index contributed by atoms with van der Waals surface area (Å²) in [5.74, 6) is 0.137. The van der Waals surface area contributed by atoms with E-state index in [-0.39, 0.29) is 16.5 Å². The van der Waals surface area contributed by atoms with Crippen LogP contribution in [0.2, 0.25) is 0 Å². The number of anilines is 1. The second-order valence-electron chi connectivity index (χ2n) is 5.21. The van der Waals surface area contributed by atoms with Crippen LogP contribution in [0, 0.1) is 0 Å². The number of para-hydroxylation sites is 1. The largest absolute Gasteiger partial charge is 0.273 e. The molecule has 1 aliphatic rings. The lowest BCUT2D eigenvalue weighted by molar-refractivity contribution is -0.117. The topological polar surface area (TPSA) is 33.2 Å². The lowest BCUT2D eigenvalue weighted by Crippen LogP contribution is -2.29. The van der Waals surface area contributed by atoms with E-state index in [9.17, 15) is 4.79 Å². The van der Waals surface area contributed by atoms with Gasteiger partial charge in [-0.2, -0.15) is 0 Å². The number of aromatic nitrogens is 1. The Hall–Kier alpha value is -1.85. The van der Waals surface area contributed by atoms with E-state index in [0.29, 0.717) is 0 Å². The van der Waals surface area contributed by atoms with Gasteiger partial charge < -0.3 is 0 Å². The van der Waals surface area contributed by atoms with Crippen LogP contribution in [0.15, 0.2) is 54.6 Å². The predicted molar refractivity (Wildman–Crippen MR) is 93.3 cm³/mol. The summed E-state index contributed by atoms with van der Waals surface area (Å²) in [7, 11) is 0. The fourth-order valence-corrected chi connectivity index (χ4v) is 4.95. The highest BCUT2D eigenvalue weighted by atomic mass is 32.2. The molecule has 0 spiro atoms. The van der Waals surface area contributed by atoms with Crippen LogP contribution in [0.4, 0.5) is 5.13 Å². The molecule has 1 aliphatic heterocycles. The summed E-state index contributed by atoms with van der Waals surface area (Å²) < 4.78 is 1.11. The van der Waals surface area contributed by atoms with Crippen molar-refractivity contribution in [1.29, 1.82) is 0 Å². The molecular weight excluding hydrogens is 312 g/mol. The third-order valence-electron chi connectivity index (χ3n) is 3.73. The maximum Gasteiger partial charge on any atom is 0.242 e. The third kappa shape index (κ3) is 2.21. The summed E-state index contributed by atoms with van der Waals surface area (Å²) in [6.45, 7) is 1.97. The Morgan fingerprint density at radius 3 is 2.55 bits per heavy atom. The van der Waals surface area contributed by atoms with E-state index >= 15 is 0 Å². The van der Waals surface area contributed by atoms with Gasteiger partial charge in [-0.15, -0.1) is 11.8 Å². The van der Waals surface area contributed by atoms with Crippen LogP contribution in [-0.4, -0.2) is 16.1 Å². The first-order valence-electron chi connectivity index (χ1n) is 7.13. The zero-order valence-corrected chi connectivity index (χ0v) is 13.6. The van der Waals surface area contributed by atoms with Crippen LogP contribution >= 0.6 is 23.1 Å². The van der Waals surface area contributed by atoms with E-state index in [4.69, 9.17) is 0 Å². The summed E-state index contributed by atoms with van der Waals surface area (Å²) in [6, 6.07) is 18.2. The van der Waals surface area contributed by atoms with Gasteiger partial charge in [-0.05, 0) is 24.6 Å². The average Bonchev–Trinajstić information content (AvgIpc) is 3.09. The molecule has 2 aromatic carbocycles. The maximum absolute atomic E-state index is 12.6. The Bertz CT molecular complexity index is 798. The lowest BCUT2D eigenvalue weighted by atomic mass is 10.2. The molecule has 1 saturated heterocycles. The number of hydrogen-bond donors (Lipinski definition) is 0. The van der Waals surface area contributed by atoms with E-state index in [0.717, 1.165) is 20.9 Å². The Balaban J connectivity index is 1.81. The van der Waals surface area contributed by atoms with Gasteiger partial charge in [0.15, 0.2) is 5.13 Å². The lowest BCUT2D eigenvalue weighted by Gasteiger charge is -2.21. The second kappa shape index (κ2) is 5.41. The Morgan fingerprint density at radius 1 is 1.05 bits per heavy atom. The van der Waals surface area contributed by atoms with Crippen molar-refractivity contribution in [2.75, 3.05) is 4.90 Å². The summed E-state index contributed by atoms with van der Waals surface area (Å²) in [5.41, 5.74) is 2.09. The molecule has 0 bridgehead atoms. The first-order chi connectivity index (χ1) is 10.7. The van der Waals surface area contributed by atoms with Gasteiger partial charge in [0, 0.05) is 0 Å². The number of nitrogens with zero attached hydrogens (tertiary/aromatic N) is 2. The highest BCUT2D eigenvalue weighted by Gasteiger charge is 2.40. The minimum absolute atomic E-state index is 0.00395. The highest BCUT2D eigenvalue weighted by Crippen LogP contribution is 2.46. The van der Waals surface area contributed by atoms with Gasteiger partial charge in [0.2, 0.25) is 5.91 Å². The third-order valence-corrected chi connectivity index (χ3v) is 6.11. The summed E-state index contributed by atoms with van der Waals surface area (Å²) >= 11 is 3.26. The fraction of sp³-hybridized carbons (Fsp3) is 0.176. The molecule has 0 aliphatic carbocycles. The zero-order valence-electron chi connectivity index (χ0n) is 12.0. The number of rotatable bonds is 2. The first-order valence-corrected chi connectivity index (χ1v) is 8.89. The maximum atomic E-state index is 12.6. The molecule has 3 nitrogen and oxygen atoms in total. The van der Waals surface area contributed by atoms with E-state index in [1.54, 1.807) is 23.1 Å². The fourth-order valence-electron chi connectivity index (χ4n) is 2.63. The van der Waals surface area contributed by atoms with Crippen LogP contribution in [-0.2, 0) is 4.79 Å². The van der Waals surface area contributed by atoms with Crippen LogP contribution < -0.4 is 4.90 Å². The van der Waals surface area contributed by atoms with Crippen molar-refractivity contribution in [2.45, 2.75) is 17.5 Å². The number of carbonyl (C=O) groups excluding carboxylic acids is 1. The van der Waals surface area contributed by atoms with Crippen LogP contribution in [0.1, 0.15) is 17.9 Å². The Kier molecular flexibility index (Phi) is 3.39. The van der Waals surface area contributed by atoms with Gasteiger partial charge in [0.05, 0.1) is 15.5 Å². The molecule has 4 rings (SSSR count).